The molecule has 2 saturated heterocycles. The van der Waals surface area contributed by atoms with Gasteiger partial charge in [-0.3, -0.25) is 0 Å². The minimum atomic E-state index is -1.44. The second-order valence-electron chi connectivity index (χ2n) is 9.30. The summed E-state index contributed by atoms with van der Waals surface area (Å²) in [5.41, 5.74) is 2.59. The number of nitrogens with zero attached hydrogens (tertiary/aromatic N) is 4. The van der Waals surface area contributed by atoms with Gasteiger partial charge in [-0.2, -0.15) is 10.2 Å². The number of hydrogen-bond acceptors (Lipinski definition) is 6. The fourth-order valence-corrected chi connectivity index (χ4v) is 4.93. The average Bonchev–Trinajstić information content (AvgIpc) is 3.58. The molecule has 2 aliphatic heterocycles. The number of fused-ring (bicyclic) bond motifs is 2. The van der Waals surface area contributed by atoms with Gasteiger partial charge in [-0.25, -0.2) is 9.36 Å². The van der Waals surface area contributed by atoms with E-state index in [0.29, 0.717) is 14.9 Å². The topological polar surface area (TPSA) is 94.6 Å². The first-order valence-corrected chi connectivity index (χ1v) is 25.4. The molecule has 6 rings (SSSR count). The quantitative estimate of drug-likeness (QED) is 0.123. The molecule has 2 aliphatic rings. The van der Waals surface area contributed by atoms with Crippen LogP contribution >= 0.6 is 101 Å². The monoisotopic (exact) mass is 1110 g/mol. The molecule has 8 nitrogen and oxygen atoms in total. The van der Waals surface area contributed by atoms with E-state index in [4.69, 9.17) is 19.5 Å². The van der Waals surface area contributed by atoms with Crippen molar-refractivity contribution in [3.05, 3.63) is 53.3 Å². The summed E-state index contributed by atoms with van der Waals surface area (Å²) in [6.07, 6.45) is 10.4. The number of halogens is 5. The van der Waals surface area contributed by atoms with E-state index >= 15 is 0 Å². The Bertz CT molecular complexity index is 1330. The van der Waals surface area contributed by atoms with Crippen molar-refractivity contribution < 1.29 is 29.0 Å². The zero-order valence-electron chi connectivity index (χ0n) is 22.4. The summed E-state index contributed by atoms with van der Waals surface area (Å²) < 4.78 is 17.2. The van der Waals surface area contributed by atoms with Crippen LogP contribution in [0, 0.1) is 0 Å². The summed E-state index contributed by atoms with van der Waals surface area (Å²) in [7, 11) is -0.814. The van der Waals surface area contributed by atoms with Crippen molar-refractivity contribution in [2.75, 3.05) is 13.2 Å². The molecule has 2 unspecified atom stereocenters. The van der Waals surface area contributed by atoms with Crippen LogP contribution in [0.1, 0.15) is 57.9 Å². The Kier molecular flexibility index (Phi) is 17.7. The van der Waals surface area contributed by atoms with E-state index in [1.807, 2.05) is 27.7 Å². The third-order valence-corrected chi connectivity index (χ3v) is 6.83. The van der Waals surface area contributed by atoms with Gasteiger partial charge in [0, 0.05) is 28.5 Å². The van der Waals surface area contributed by atoms with Crippen molar-refractivity contribution in [1.29, 1.82) is 0 Å². The van der Waals surface area contributed by atoms with Crippen LogP contribution in [-0.4, -0.2) is 51.9 Å². The van der Waals surface area contributed by atoms with Crippen LogP contribution in [0.15, 0.2) is 53.3 Å². The Morgan fingerprint density at radius 3 is 1.78 bits per heavy atom. The van der Waals surface area contributed by atoms with Crippen LogP contribution in [0.5, 0.6) is 0 Å². The SMILES string of the molecule is Brc1ccc2c(cnn2C2CCCCO2)c1.CC(I)I.OB(O)c1ccc2c(cnn2C2CCCCO2)c1.[I][V][I]. The Labute approximate surface area is 306 Å². The summed E-state index contributed by atoms with van der Waals surface area (Å²) in [6.45, 7) is 3.77. The molecule has 2 atom stereocenters. The maximum atomic E-state index is 9.14. The van der Waals surface area contributed by atoms with E-state index in [1.165, 1.54) is 12.8 Å². The third kappa shape index (κ3) is 11.9. The maximum absolute atomic E-state index is 9.14. The molecular weight excluding hydrogens is 1080 g/mol. The summed E-state index contributed by atoms with van der Waals surface area (Å²) in [4.78, 5) is 0. The minimum absolute atomic E-state index is 0.00106. The molecule has 4 aromatic rings. The second-order valence-corrected chi connectivity index (χ2v) is 28.1. The molecular formula is C26H32BBrI4N4O4V. The Morgan fingerprint density at radius 2 is 1.34 bits per heavy atom. The van der Waals surface area contributed by atoms with Crippen LogP contribution in [0.25, 0.3) is 21.8 Å². The van der Waals surface area contributed by atoms with Gasteiger partial charge in [0.25, 0.3) is 0 Å². The molecule has 0 amide bonds. The summed E-state index contributed by atoms with van der Waals surface area (Å²) >= 11 is 12.9. The zero-order chi connectivity index (χ0) is 29.8. The molecule has 41 heavy (non-hydrogen) atoms. The number of alkyl halides is 2. The van der Waals surface area contributed by atoms with Gasteiger partial charge in [0.1, 0.15) is 0 Å². The Morgan fingerprint density at radius 1 is 0.878 bits per heavy atom. The van der Waals surface area contributed by atoms with E-state index in [9.17, 15) is 0 Å². The first-order chi connectivity index (χ1) is 19.7. The van der Waals surface area contributed by atoms with Crippen LogP contribution in [0.2, 0.25) is 0 Å². The van der Waals surface area contributed by atoms with Crippen LogP contribution in [0.3, 0.4) is 0 Å². The molecule has 2 aromatic carbocycles. The molecule has 0 spiro atoms. The first-order valence-electron chi connectivity index (χ1n) is 13.1. The predicted octanol–water partition coefficient (Wildman–Crippen LogP) is 7.88. The second kappa shape index (κ2) is 19.7. The molecule has 0 radical (unpaired) electrons. The van der Waals surface area contributed by atoms with Gasteiger partial charge in [-0.1, -0.05) is 73.2 Å². The predicted molar refractivity (Wildman–Crippen MR) is 200 cm³/mol. The molecule has 2 N–H and O–H groups in total. The van der Waals surface area contributed by atoms with Gasteiger partial charge in [-0.05, 0) is 75.2 Å². The Balaban J connectivity index is 0.000000185. The van der Waals surface area contributed by atoms with E-state index in [0.717, 1.165) is 67.1 Å². The van der Waals surface area contributed by atoms with Gasteiger partial charge < -0.3 is 19.5 Å². The van der Waals surface area contributed by atoms with Crippen molar-refractivity contribution >= 4 is 135 Å². The van der Waals surface area contributed by atoms with Crippen LogP contribution < -0.4 is 5.46 Å². The molecule has 223 valence electrons. The van der Waals surface area contributed by atoms with Crippen molar-refractivity contribution in [1.82, 2.24) is 19.6 Å². The van der Waals surface area contributed by atoms with Gasteiger partial charge in [-0.15, -0.1) is 0 Å². The molecule has 2 fully saturated rings. The number of rotatable bonds is 3. The third-order valence-electron chi connectivity index (χ3n) is 6.33. The standard InChI is InChI=1S/C12H15BN2O3.C12H13BrN2O.C2H4I2.2HI.V/c16-13(17)10-4-5-11-9(7-10)8-14-15(11)12-3-1-2-6-18-12;13-10-4-5-11-9(7-10)8-14-15(11)12-3-1-2-6-16-12;1-2(3)4;;;/h4-5,7-8,12,16-17H,1-3,6H2;4-5,7-8,12H,1-3,6H2;2H,1H3;2*1H;/q;;;;;+2/p-2. The van der Waals surface area contributed by atoms with Gasteiger partial charge in [0.05, 0.1) is 25.4 Å². The summed E-state index contributed by atoms with van der Waals surface area (Å²) in [5, 5.41) is 29.1. The van der Waals surface area contributed by atoms with Crippen LogP contribution in [-0.2, 0) is 18.9 Å². The van der Waals surface area contributed by atoms with Crippen LogP contribution in [0.4, 0.5) is 0 Å². The molecule has 2 aromatic heterocycles. The van der Waals surface area contributed by atoms with Gasteiger partial charge >= 0.3 is 56.5 Å². The van der Waals surface area contributed by atoms with E-state index < -0.39 is 7.12 Å². The van der Waals surface area contributed by atoms with Crippen molar-refractivity contribution in [2.24, 2.45) is 0 Å². The number of hydrogen-bond donors (Lipinski definition) is 2. The summed E-state index contributed by atoms with van der Waals surface area (Å²) in [5.74, 6) is 0. The van der Waals surface area contributed by atoms with Gasteiger partial charge in [0.15, 0.2) is 12.5 Å². The fourth-order valence-electron chi connectivity index (χ4n) is 4.55. The molecule has 0 saturated carbocycles. The summed E-state index contributed by atoms with van der Waals surface area (Å²) in [6, 6.07) is 11.5. The number of benzene rings is 2. The Hall–Kier alpha value is 1.27. The van der Waals surface area contributed by atoms with Crippen molar-refractivity contribution in [3.63, 3.8) is 0 Å². The molecule has 4 heterocycles. The first kappa shape index (κ1) is 36.7. The number of ether oxygens (including phenoxy) is 2. The molecule has 15 heteroatoms. The normalized spacial score (nSPS) is 18.5. The van der Waals surface area contributed by atoms with Crippen molar-refractivity contribution in [3.8, 4) is 0 Å². The number of aromatic nitrogens is 4. The molecule has 0 bridgehead atoms. The van der Waals surface area contributed by atoms with E-state index in [2.05, 4.69) is 130 Å². The van der Waals surface area contributed by atoms with Crippen molar-refractivity contribution in [2.45, 2.75) is 59.8 Å². The zero-order valence-corrected chi connectivity index (χ0v) is 34.0. The molecule has 0 aliphatic carbocycles. The fraction of sp³-hybridized carbons (Fsp3) is 0.462. The van der Waals surface area contributed by atoms with E-state index in [1.54, 1.807) is 18.3 Å². The average molecular weight is 1110 g/mol. The van der Waals surface area contributed by atoms with E-state index in [-0.39, 0.29) is 12.5 Å². The van der Waals surface area contributed by atoms with Gasteiger partial charge in [0.2, 0.25) is 0 Å².